The van der Waals surface area contributed by atoms with Crippen LogP contribution in [-0.4, -0.2) is 15.6 Å². The summed E-state index contributed by atoms with van der Waals surface area (Å²) >= 11 is 3.44. The first-order valence-corrected chi connectivity index (χ1v) is 6.45. The van der Waals surface area contributed by atoms with Gasteiger partial charge in [-0.05, 0) is 37.1 Å². The first-order chi connectivity index (χ1) is 8.15. The van der Waals surface area contributed by atoms with E-state index in [1.54, 1.807) is 0 Å². The van der Waals surface area contributed by atoms with Gasteiger partial charge < -0.3 is 9.67 Å². The minimum atomic E-state index is -0.770. The van der Waals surface area contributed by atoms with Crippen LogP contribution in [0.15, 0.2) is 28.7 Å². The molecule has 88 valence electrons. The smallest absolute Gasteiger partial charge is 0.309 e. The number of benzene rings is 1. The molecular weight excluding hydrogens is 282 g/mol. The number of carbonyl (C=O) groups is 1. The highest BCUT2D eigenvalue weighted by molar-refractivity contribution is 9.10. The van der Waals surface area contributed by atoms with E-state index in [4.69, 9.17) is 5.11 Å². The Kier molecular flexibility index (Phi) is 2.47. The van der Waals surface area contributed by atoms with Crippen molar-refractivity contribution in [2.24, 2.45) is 0 Å². The summed E-state index contributed by atoms with van der Waals surface area (Å²) < 4.78 is 3.22. The van der Waals surface area contributed by atoms with Crippen molar-refractivity contribution in [2.45, 2.75) is 25.3 Å². The van der Waals surface area contributed by atoms with Crippen molar-refractivity contribution in [2.75, 3.05) is 0 Å². The minimum Gasteiger partial charge on any atom is -0.481 e. The van der Waals surface area contributed by atoms with Gasteiger partial charge in [-0.2, -0.15) is 0 Å². The highest BCUT2D eigenvalue weighted by Crippen LogP contribution is 2.40. The Hall–Kier alpha value is -1.29. The predicted molar refractivity (Wildman–Crippen MR) is 69.2 cm³/mol. The Balaban J connectivity index is 2.19. The molecule has 1 aromatic carbocycles. The van der Waals surface area contributed by atoms with E-state index in [9.17, 15) is 4.79 Å². The van der Waals surface area contributed by atoms with Crippen LogP contribution in [0.3, 0.4) is 0 Å². The van der Waals surface area contributed by atoms with Crippen molar-refractivity contribution in [3.63, 3.8) is 0 Å². The van der Waals surface area contributed by atoms with E-state index in [0.717, 1.165) is 33.9 Å². The number of carboxylic acids is 1. The van der Waals surface area contributed by atoms with Crippen molar-refractivity contribution < 1.29 is 9.90 Å². The lowest BCUT2D eigenvalue weighted by Crippen LogP contribution is -2.06. The van der Waals surface area contributed by atoms with Gasteiger partial charge in [0.05, 0.1) is 6.42 Å². The molecule has 1 aliphatic carbocycles. The zero-order valence-electron chi connectivity index (χ0n) is 9.19. The van der Waals surface area contributed by atoms with E-state index >= 15 is 0 Å². The van der Waals surface area contributed by atoms with Crippen LogP contribution in [0, 0.1) is 0 Å². The molecule has 1 N–H and O–H groups in total. The average Bonchev–Trinajstić information content (AvgIpc) is 3.00. The van der Waals surface area contributed by atoms with Crippen LogP contribution in [0.4, 0.5) is 0 Å². The third-order valence-corrected chi connectivity index (χ3v) is 3.62. The zero-order valence-corrected chi connectivity index (χ0v) is 10.8. The van der Waals surface area contributed by atoms with Crippen LogP contribution < -0.4 is 0 Å². The lowest BCUT2D eigenvalue weighted by Gasteiger charge is -2.07. The number of hydrogen-bond donors (Lipinski definition) is 1. The molecule has 0 amide bonds. The molecule has 3 rings (SSSR count). The molecule has 0 radical (unpaired) electrons. The Morgan fingerprint density at radius 2 is 2.18 bits per heavy atom. The monoisotopic (exact) mass is 293 g/mol. The molecule has 3 nitrogen and oxygen atoms in total. The number of halogens is 1. The van der Waals surface area contributed by atoms with Gasteiger partial charge in [-0.15, -0.1) is 0 Å². The second-order valence-corrected chi connectivity index (χ2v) is 5.43. The Morgan fingerprint density at radius 3 is 2.82 bits per heavy atom. The lowest BCUT2D eigenvalue weighted by molar-refractivity contribution is -0.136. The van der Waals surface area contributed by atoms with Crippen LogP contribution >= 0.6 is 15.9 Å². The number of carboxylic acid groups (broad SMARTS) is 1. The maximum Gasteiger partial charge on any atom is 0.309 e. The molecule has 1 fully saturated rings. The molecule has 2 aromatic rings. The number of aromatic nitrogens is 1. The molecule has 0 unspecified atom stereocenters. The minimum absolute atomic E-state index is 0.1000. The number of aliphatic carboxylic acids is 1. The van der Waals surface area contributed by atoms with Crippen LogP contribution in [0.25, 0.3) is 10.9 Å². The van der Waals surface area contributed by atoms with E-state index in [1.807, 2.05) is 18.2 Å². The SMILES string of the molecule is O=C(O)Cc1cc2cc(Br)ccc2n1C1CC1. The van der Waals surface area contributed by atoms with Crippen molar-refractivity contribution in [3.05, 3.63) is 34.4 Å². The molecule has 0 spiro atoms. The van der Waals surface area contributed by atoms with Gasteiger partial charge in [0.2, 0.25) is 0 Å². The summed E-state index contributed by atoms with van der Waals surface area (Å²) in [5.74, 6) is -0.770. The molecule has 0 bridgehead atoms. The van der Waals surface area contributed by atoms with E-state index in [1.165, 1.54) is 0 Å². The normalized spacial score (nSPS) is 15.4. The third kappa shape index (κ3) is 1.97. The van der Waals surface area contributed by atoms with E-state index < -0.39 is 5.97 Å². The van der Waals surface area contributed by atoms with Gasteiger partial charge in [-0.25, -0.2) is 0 Å². The van der Waals surface area contributed by atoms with Crippen LogP contribution in [0.5, 0.6) is 0 Å². The zero-order chi connectivity index (χ0) is 12.0. The quantitative estimate of drug-likeness (QED) is 0.943. The first kappa shape index (κ1) is 10.8. The third-order valence-electron chi connectivity index (χ3n) is 3.13. The molecule has 1 heterocycles. The van der Waals surface area contributed by atoms with Gasteiger partial charge in [0.25, 0.3) is 0 Å². The number of hydrogen-bond acceptors (Lipinski definition) is 1. The summed E-state index contributed by atoms with van der Waals surface area (Å²) in [5.41, 5.74) is 2.06. The van der Waals surface area contributed by atoms with E-state index in [0.29, 0.717) is 6.04 Å². The first-order valence-electron chi connectivity index (χ1n) is 5.66. The number of nitrogens with zero attached hydrogens (tertiary/aromatic N) is 1. The fourth-order valence-electron chi connectivity index (χ4n) is 2.32. The number of fused-ring (bicyclic) bond motifs is 1. The second-order valence-electron chi connectivity index (χ2n) is 4.51. The molecule has 1 aromatic heterocycles. The topological polar surface area (TPSA) is 42.2 Å². The average molecular weight is 294 g/mol. The maximum atomic E-state index is 10.9. The van der Waals surface area contributed by atoms with Gasteiger partial charge in [0.15, 0.2) is 0 Å². The number of rotatable bonds is 3. The van der Waals surface area contributed by atoms with E-state index in [-0.39, 0.29) is 6.42 Å². The van der Waals surface area contributed by atoms with Crippen molar-refractivity contribution in [3.8, 4) is 0 Å². The Labute approximate surface area is 107 Å². The van der Waals surface area contributed by atoms with Crippen LogP contribution in [0.1, 0.15) is 24.6 Å². The Bertz CT molecular complexity index is 599. The standard InChI is InChI=1S/C13H12BrNO2/c14-9-1-4-12-8(5-9)6-11(7-13(16)17)15(12)10-2-3-10/h1,4-6,10H,2-3,7H2,(H,16,17). The lowest BCUT2D eigenvalue weighted by atomic mass is 10.2. The van der Waals surface area contributed by atoms with E-state index in [2.05, 4.69) is 26.6 Å². The molecule has 1 saturated carbocycles. The van der Waals surface area contributed by atoms with Gasteiger partial charge in [-0.1, -0.05) is 15.9 Å². The molecule has 0 aliphatic heterocycles. The summed E-state index contributed by atoms with van der Waals surface area (Å²) in [5, 5.41) is 10.1. The summed E-state index contributed by atoms with van der Waals surface area (Å²) in [6, 6.07) is 8.60. The molecule has 0 atom stereocenters. The van der Waals surface area contributed by atoms with Crippen molar-refractivity contribution >= 4 is 32.8 Å². The summed E-state index contributed by atoms with van der Waals surface area (Å²) in [6.45, 7) is 0. The van der Waals surface area contributed by atoms with Gasteiger partial charge in [0, 0.05) is 27.1 Å². The van der Waals surface area contributed by atoms with Crippen molar-refractivity contribution in [1.29, 1.82) is 0 Å². The molecule has 17 heavy (non-hydrogen) atoms. The molecule has 4 heteroatoms. The summed E-state index contributed by atoms with van der Waals surface area (Å²) in [4.78, 5) is 10.9. The summed E-state index contributed by atoms with van der Waals surface area (Å²) in [7, 11) is 0. The fourth-order valence-corrected chi connectivity index (χ4v) is 2.70. The largest absolute Gasteiger partial charge is 0.481 e. The molecular formula is C13H12BrNO2. The second kappa shape index (κ2) is 3.88. The van der Waals surface area contributed by atoms with Gasteiger partial charge in [-0.3, -0.25) is 4.79 Å². The molecule has 0 saturated heterocycles. The maximum absolute atomic E-state index is 10.9. The highest BCUT2D eigenvalue weighted by atomic mass is 79.9. The van der Waals surface area contributed by atoms with Crippen LogP contribution in [0.2, 0.25) is 0 Å². The van der Waals surface area contributed by atoms with Gasteiger partial charge in [0.1, 0.15) is 0 Å². The summed E-state index contributed by atoms with van der Waals surface area (Å²) in [6.07, 6.45) is 2.42. The fraction of sp³-hybridized carbons (Fsp3) is 0.308. The Morgan fingerprint density at radius 1 is 1.41 bits per heavy atom. The van der Waals surface area contributed by atoms with Crippen molar-refractivity contribution in [1.82, 2.24) is 4.57 Å². The van der Waals surface area contributed by atoms with Gasteiger partial charge >= 0.3 is 5.97 Å². The molecule has 1 aliphatic rings. The highest BCUT2D eigenvalue weighted by Gasteiger charge is 2.27. The predicted octanol–water partition coefficient (Wildman–Crippen LogP) is 3.37. The van der Waals surface area contributed by atoms with Crippen LogP contribution in [-0.2, 0) is 11.2 Å².